The minimum absolute atomic E-state index is 0.507. The minimum Gasteiger partial charge on any atom is -0.306 e. The number of rotatable bonds is 1. The van der Waals surface area contributed by atoms with Gasteiger partial charge in [-0.2, -0.15) is 0 Å². The molecule has 0 N–H and O–H groups in total. The molecule has 136 valence electrons. The second kappa shape index (κ2) is 4.62. The van der Waals surface area contributed by atoms with Crippen molar-refractivity contribution < 1.29 is 0 Å². The van der Waals surface area contributed by atoms with Gasteiger partial charge in [-0.05, 0) is 111 Å². The van der Waals surface area contributed by atoms with E-state index in [4.69, 9.17) is 0 Å². The van der Waals surface area contributed by atoms with Crippen LogP contribution in [0.25, 0.3) is 0 Å². The molecule has 0 heterocycles. The van der Waals surface area contributed by atoms with Crippen LogP contribution in [0.3, 0.4) is 0 Å². The molecule has 1 heteroatoms. The molecule has 0 radical (unpaired) electrons. The van der Waals surface area contributed by atoms with Crippen molar-refractivity contribution in [3.05, 3.63) is 0 Å². The summed E-state index contributed by atoms with van der Waals surface area (Å²) in [5, 5.41) is 0. The van der Waals surface area contributed by atoms with E-state index >= 15 is 0 Å². The summed E-state index contributed by atoms with van der Waals surface area (Å²) >= 11 is 0. The van der Waals surface area contributed by atoms with Crippen LogP contribution in [0.2, 0.25) is 0 Å². The van der Waals surface area contributed by atoms with E-state index in [-0.39, 0.29) is 0 Å². The lowest BCUT2D eigenvalue weighted by atomic mass is 9.46. The summed E-state index contributed by atoms with van der Waals surface area (Å²) in [6.45, 7) is 7.90. The van der Waals surface area contributed by atoms with Gasteiger partial charge in [0, 0.05) is 6.04 Å². The summed E-state index contributed by atoms with van der Waals surface area (Å²) in [4.78, 5) is 2.54. The number of fused-ring (bicyclic) bond motifs is 2. The van der Waals surface area contributed by atoms with Gasteiger partial charge in [-0.15, -0.1) is 0 Å². The van der Waals surface area contributed by atoms with Crippen molar-refractivity contribution in [2.45, 2.75) is 91.0 Å². The summed E-state index contributed by atoms with van der Waals surface area (Å²) < 4.78 is 0. The van der Waals surface area contributed by atoms with Crippen LogP contribution in [-0.4, -0.2) is 25.0 Å². The molecule has 5 aliphatic rings. The molecule has 5 saturated carbocycles. The van der Waals surface area contributed by atoms with Crippen LogP contribution in [0.15, 0.2) is 0 Å². The molecule has 7 atom stereocenters. The van der Waals surface area contributed by atoms with E-state index in [9.17, 15) is 0 Å². The summed E-state index contributed by atoms with van der Waals surface area (Å²) in [5.41, 5.74) is 2.78. The molecule has 0 amide bonds. The van der Waals surface area contributed by atoms with Crippen LogP contribution >= 0.6 is 0 Å². The van der Waals surface area contributed by atoms with Gasteiger partial charge in [-0.1, -0.05) is 27.2 Å². The SMILES string of the molecule is CN(C)C1CCC23CC24CCC2(C)CCCC2C4CCC3C1(C)C. The Morgan fingerprint density at radius 2 is 1.54 bits per heavy atom. The maximum Gasteiger partial charge on any atom is 0.0143 e. The van der Waals surface area contributed by atoms with E-state index in [0.29, 0.717) is 5.41 Å². The molecule has 0 aromatic rings. The highest BCUT2D eigenvalue weighted by Crippen LogP contribution is 2.86. The van der Waals surface area contributed by atoms with Crippen LogP contribution in [-0.2, 0) is 0 Å². The minimum atomic E-state index is 0.507. The topological polar surface area (TPSA) is 3.24 Å². The van der Waals surface area contributed by atoms with Crippen LogP contribution in [0.1, 0.15) is 85.0 Å². The van der Waals surface area contributed by atoms with E-state index in [0.717, 1.165) is 40.0 Å². The first-order chi connectivity index (χ1) is 11.3. The first kappa shape index (κ1) is 16.2. The number of hydrogen-bond acceptors (Lipinski definition) is 1. The van der Waals surface area contributed by atoms with Crippen molar-refractivity contribution in [3.8, 4) is 0 Å². The summed E-state index contributed by atoms with van der Waals surface area (Å²) in [6, 6.07) is 0.794. The summed E-state index contributed by atoms with van der Waals surface area (Å²) in [7, 11) is 4.65. The first-order valence-electron chi connectivity index (χ1n) is 10.9. The Hall–Kier alpha value is -0.0400. The molecule has 5 fully saturated rings. The number of hydrogen-bond donors (Lipinski definition) is 0. The standard InChI is InChI=1S/C23H39N/c1-20(2)18-9-8-17-16-7-6-11-21(16,3)13-14-22(17)15-23(18,22)12-10-19(20)24(4)5/h16-19H,6-15H2,1-5H3. The molecule has 24 heavy (non-hydrogen) atoms. The average Bonchev–Trinajstić information content (AvgIpc) is 3.00. The monoisotopic (exact) mass is 329 g/mol. The van der Waals surface area contributed by atoms with Gasteiger partial charge < -0.3 is 4.90 Å². The molecule has 7 unspecified atom stereocenters. The Labute approximate surface area is 149 Å². The van der Waals surface area contributed by atoms with Gasteiger partial charge >= 0.3 is 0 Å². The molecule has 0 bridgehead atoms. The average molecular weight is 330 g/mol. The lowest BCUT2D eigenvalue weighted by Gasteiger charge is -2.60. The maximum absolute atomic E-state index is 2.66. The van der Waals surface area contributed by atoms with Gasteiger partial charge in [-0.25, -0.2) is 0 Å². The van der Waals surface area contributed by atoms with Crippen molar-refractivity contribution in [1.29, 1.82) is 0 Å². The van der Waals surface area contributed by atoms with Gasteiger partial charge in [0.1, 0.15) is 0 Å². The first-order valence-corrected chi connectivity index (χ1v) is 10.9. The van der Waals surface area contributed by atoms with Gasteiger partial charge in [0.15, 0.2) is 0 Å². The van der Waals surface area contributed by atoms with Crippen molar-refractivity contribution in [3.63, 3.8) is 0 Å². The molecule has 0 aromatic carbocycles. The highest BCUT2D eigenvalue weighted by atomic mass is 15.1. The van der Waals surface area contributed by atoms with Gasteiger partial charge in [0.05, 0.1) is 0 Å². The fourth-order valence-electron chi connectivity index (χ4n) is 9.78. The van der Waals surface area contributed by atoms with Crippen molar-refractivity contribution in [2.75, 3.05) is 14.1 Å². The lowest BCUT2D eigenvalue weighted by Crippen LogP contribution is -2.56. The van der Waals surface area contributed by atoms with Crippen LogP contribution in [0.4, 0.5) is 0 Å². The highest BCUT2D eigenvalue weighted by Gasteiger charge is 2.79. The van der Waals surface area contributed by atoms with E-state index in [1.54, 1.807) is 38.5 Å². The molecule has 0 aromatic heterocycles. The zero-order valence-corrected chi connectivity index (χ0v) is 16.8. The van der Waals surface area contributed by atoms with E-state index < -0.39 is 0 Å². The van der Waals surface area contributed by atoms with Crippen LogP contribution < -0.4 is 0 Å². The van der Waals surface area contributed by atoms with Crippen molar-refractivity contribution >= 4 is 0 Å². The van der Waals surface area contributed by atoms with E-state index in [1.807, 2.05) is 0 Å². The van der Waals surface area contributed by atoms with Crippen molar-refractivity contribution in [2.24, 2.45) is 39.4 Å². The lowest BCUT2D eigenvalue weighted by molar-refractivity contribution is -0.108. The zero-order valence-electron chi connectivity index (χ0n) is 16.8. The predicted molar refractivity (Wildman–Crippen MR) is 101 cm³/mol. The Morgan fingerprint density at radius 1 is 0.750 bits per heavy atom. The maximum atomic E-state index is 2.66. The predicted octanol–water partition coefficient (Wildman–Crippen LogP) is 5.74. The summed E-state index contributed by atoms with van der Waals surface area (Å²) in [5.74, 6) is 3.18. The van der Waals surface area contributed by atoms with Gasteiger partial charge in [-0.3, -0.25) is 0 Å². The largest absolute Gasteiger partial charge is 0.306 e. The third-order valence-electron chi connectivity index (χ3n) is 10.7. The van der Waals surface area contributed by atoms with Gasteiger partial charge in [0.2, 0.25) is 0 Å². The molecule has 2 spiro atoms. The summed E-state index contributed by atoms with van der Waals surface area (Å²) in [6.07, 6.45) is 15.5. The molecule has 5 aliphatic carbocycles. The molecule has 1 nitrogen and oxygen atoms in total. The van der Waals surface area contributed by atoms with E-state index in [1.165, 1.54) is 25.7 Å². The highest BCUT2D eigenvalue weighted by molar-refractivity contribution is 5.28. The number of nitrogens with zero attached hydrogens (tertiary/aromatic N) is 1. The third-order valence-corrected chi connectivity index (χ3v) is 10.7. The van der Waals surface area contributed by atoms with Gasteiger partial charge in [0.25, 0.3) is 0 Å². The second-order valence-electron chi connectivity index (χ2n) is 11.7. The fraction of sp³-hybridized carbons (Fsp3) is 1.00. The fourth-order valence-corrected chi connectivity index (χ4v) is 9.78. The molecule has 5 rings (SSSR count). The Bertz CT molecular complexity index is 550. The Balaban J connectivity index is 1.50. The van der Waals surface area contributed by atoms with Crippen molar-refractivity contribution in [1.82, 2.24) is 4.90 Å². The smallest absolute Gasteiger partial charge is 0.0143 e. The molecule has 0 aliphatic heterocycles. The Kier molecular flexibility index (Phi) is 3.11. The Morgan fingerprint density at radius 3 is 2.29 bits per heavy atom. The second-order valence-corrected chi connectivity index (χ2v) is 11.7. The van der Waals surface area contributed by atoms with Crippen LogP contribution in [0, 0.1) is 39.4 Å². The molecular formula is C23H39N. The molecule has 0 saturated heterocycles. The zero-order chi connectivity index (χ0) is 17.0. The quantitative estimate of drug-likeness (QED) is 0.593. The van der Waals surface area contributed by atoms with E-state index in [2.05, 4.69) is 39.8 Å². The van der Waals surface area contributed by atoms with Crippen LogP contribution in [0.5, 0.6) is 0 Å². The third kappa shape index (κ3) is 1.67. The molecular weight excluding hydrogens is 290 g/mol. The normalized spacial score (nSPS) is 57.8.